The number of fused-ring (bicyclic) bond motifs is 1. The van der Waals surface area contributed by atoms with Crippen LogP contribution in [0.2, 0.25) is 13.1 Å². The quantitative estimate of drug-likeness (QED) is 0.480. The average molecular weight is 452 g/mol. The van der Waals surface area contributed by atoms with Crippen molar-refractivity contribution >= 4 is 15.0 Å². The highest BCUT2D eigenvalue weighted by Gasteiger charge is 2.41. The number of carbonyl (C=O) groups is 1. The van der Waals surface area contributed by atoms with Gasteiger partial charge in [-0.1, -0.05) is 78.8 Å². The molecule has 3 nitrogen and oxygen atoms in total. The molecule has 2 aromatic carbocycles. The molecule has 0 saturated carbocycles. The van der Waals surface area contributed by atoms with Gasteiger partial charge in [-0.2, -0.15) is 0 Å². The lowest BCUT2D eigenvalue weighted by molar-refractivity contribution is 0.0694. The topological polar surface area (TPSA) is 46.5 Å². The van der Waals surface area contributed by atoms with E-state index in [9.17, 15) is 9.90 Å². The van der Waals surface area contributed by atoms with Crippen molar-refractivity contribution in [3.8, 4) is 11.1 Å². The molecule has 0 amide bonds. The van der Waals surface area contributed by atoms with E-state index in [0.717, 1.165) is 29.5 Å². The molecule has 0 atom stereocenters. The van der Waals surface area contributed by atoms with Crippen molar-refractivity contribution in [2.24, 2.45) is 0 Å². The number of rotatable bonds is 5. The molecule has 32 heavy (non-hydrogen) atoms. The molecule has 1 radical (unpaired) electrons. The Bertz CT molecular complexity index is 1010. The SMILES string of the molecule is C[Si](C)OCc1cc2c(c(-c3ccc(C(C)(C)C)cc3)c1C(=O)O)C(C)(C)CCC2(C)C. The number of aromatic carboxylic acids is 1. The van der Waals surface area contributed by atoms with Crippen LogP contribution in [-0.2, 0) is 27.3 Å². The van der Waals surface area contributed by atoms with Crippen molar-refractivity contribution in [2.45, 2.75) is 97.3 Å². The van der Waals surface area contributed by atoms with Gasteiger partial charge in [-0.15, -0.1) is 0 Å². The minimum Gasteiger partial charge on any atom is -0.478 e. The summed E-state index contributed by atoms with van der Waals surface area (Å²) < 4.78 is 6.02. The Morgan fingerprint density at radius 2 is 1.59 bits per heavy atom. The van der Waals surface area contributed by atoms with Crippen LogP contribution in [0, 0.1) is 0 Å². The van der Waals surface area contributed by atoms with Crippen LogP contribution < -0.4 is 0 Å². The van der Waals surface area contributed by atoms with Gasteiger partial charge in [0.2, 0.25) is 9.04 Å². The Labute approximate surface area is 195 Å². The highest BCUT2D eigenvalue weighted by Crippen LogP contribution is 2.51. The first-order chi connectivity index (χ1) is 14.6. The Hall–Kier alpha value is -1.91. The smallest absolute Gasteiger partial charge is 0.336 e. The van der Waals surface area contributed by atoms with Crippen LogP contribution in [0.15, 0.2) is 30.3 Å². The van der Waals surface area contributed by atoms with Crippen LogP contribution in [0.25, 0.3) is 11.1 Å². The van der Waals surface area contributed by atoms with Gasteiger partial charge in [0.05, 0.1) is 12.2 Å². The lowest BCUT2D eigenvalue weighted by Crippen LogP contribution is -2.35. The number of carboxylic acids is 1. The van der Waals surface area contributed by atoms with E-state index in [0.29, 0.717) is 12.2 Å². The fourth-order valence-electron chi connectivity index (χ4n) is 4.87. The summed E-state index contributed by atoms with van der Waals surface area (Å²) in [5, 5.41) is 10.4. The van der Waals surface area contributed by atoms with Crippen LogP contribution in [-0.4, -0.2) is 20.1 Å². The monoisotopic (exact) mass is 451 g/mol. The molecule has 0 bridgehead atoms. The number of hydrogen-bond donors (Lipinski definition) is 1. The summed E-state index contributed by atoms with van der Waals surface area (Å²) in [5.74, 6) is -0.874. The van der Waals surface area contributed by atoms with Crippen LogP contribution in [0.1, 0.15) is 93.9 Å². The molecular weight excluding hydrogens is 412 g/mol. The van der Waals surface area contributed by atoms with Gasteiger partial charge in [0, 0.05) is 5.56 Å². The molecule has 4 heteroatoms. The zero-order valence-electron chi connectivity index (χ0n) is 21.3. The second-order valence-corrected chi connectivity index (χ2v) is 13.9. The van der Waals surface area contributed by atoms with E-state index >= 15 is 0 Å². The average Bonchev–Trinajstić information content (AvgIpc) is 2.68. The molecule has 173 valence electrons. The molecule has 0 fully saturated rings. The molecule has 1 aliphatic rings. The van der Waals surface area contributed by atoms with Crippen molar-refractivity contribution in [3.05, 3.63) is 58.1 Å². The van der Waals surface area contributed by atoms with Gasteiger partial charge in [0.15, 0.2) is 0 Å². The second kappa shape index (κ2) is 8.46. The Morgan fingerprint density at radius 3 is 2.09 bits per heavy atom. The van der Waals surface area contributed by atoms with Crippen molar-refractivity contribution in [2.75, 3.05) is 0 Å². The predicted molar refractivity (Wildman–Crippen MR) is 135 cm³/mol. The first kappa shape index (κ1) is 24.7. The molecule has 2 aromatic rings. The summed E-state index contributed by atoms with van der Waals surface area (Å²) in [6, 6.07) is 10.7. The number of carboxylic acid groups (broad SMARTS) is 1. The van der Waals surface area contributed by atoms with E-state index < -0.39 is 15.0 Å². The third-order valence-electron chi connectivity index (χ3n) is 6.96. The molecule has 3 rings (SSSR count). The van der Waals surface area contributed by atoms with Gasteiger partial charge in [0.1, 0.15) is 0 Å². The summed E-state index contributed by atoms with van der Waals surface area (Å²) >= 11 is 0. The third-order valence-corrected chi connectivity index (χ3v) is 7.68. The highest BCUT2D eigenvalue weighted by molar-refractivity contribution is 6.48. The maximum atomic E-state index is 12.7. The molecule has 0 unspecified atom stereocenters. The zero-order chi connectivity index (χ0) is 24.1. The van der Waals surface area contributed by atoms with Crippen LogP contribution >= 0.6 is 0 Å². The van der Waals surface area contributed by atoms with Crippen molar-refractivity contribution in [1.82, 2.24) is 0 Å². The van der Waals surface area contributed by atoms with Gasteiger partial charge in [-0.05, 0) is 70.0 Å². The summed E-state index contributed by atoms with van der Waals surface area (Å²) in [6.45, 7) is 20.2. The Kier molecular flexibility index (Phi) is 6.53. The van der Waals surface area contributed by atoms with Gasteiger partial charge in [0.25, 0.3) is 0 Å². The zero-order valence-corrected chi connectivity index (χ0v) is 22.3. The lowest BCUT2D eigenvalue weighted by atomic mass is 9.60. The number of hydrogen-bond acceptors (Lipinski definition) is 2. The van der Waals surface area contributed by atoms with E-state index in [4.69, 9.17) is 4.43 Å². The van der Waals surface area contributed by atoms with E-state index in [2.05, 4.69) is 91.9 Å². The van der Waals surface area contributed by atoms with E-state index in [-0.39, 0.29) is 16.2 Å². The fourth-order valence-corrected chi connectivity index (χ4v) is 5.31. The molecular formula is C28H39O3Si. The standard InChI is InChI=1S/C28H39O3Si/c1-26(2,3)20-12-10-18(11-13-20)22-23(25(29)30)19(17-31-32(8)9)16-21-24(22)28(6,7)15-14-27(21,4)5/h10-13,16H,14-15,17H2,1-9H3,(H,29,30). The summed E-state index contributed by atoms with van der Waals surface area (Å²) in [4.78, 5) is 12.7. The van der Waals surface area contributed by atoms with Gasteiger partial charge >= 0.3 is 5.97 Å². The highest BCUT2D eigenvalue weighted by atomic mass is 28.3. The third kappa shape index (κ3) is 4.72. The Balaban J connectivity index is 2.39. The van der Waals surface area contributed by atoms with E-state index in [1.807, 2.05) is 0 Å². The number of benzene rings is 2. The van der Waals surface area contributed by atoms with Crippen molar-refractivity contribution < 1.29 is 14.3 Å². The molecule has 1 aliphatic carbocycles. The molecule has 0 spiro atoms. The van der Waals surface area contributed by atoms with Gasteiger partial charge < -0.3 is 9.53 Å². The molecule has 0 aliphatic heterocycles. The van der Waals surface area contributed by atoms with E-state index in [1.54, 1.807) is 0 Å². The largest absolute Gasteiger partial charge is 0.478 e. The maximum Gasteiger partial charge on any atom is 0.336 e. The Morgan fingerprint density at radius 1 is 1.03 bits per heavy atom. The molecule has 0 saturated heterocycles. The second-order valence-electron chi connectivity index (χ2n) is 11.8. The van der Waals surface area contributed by atoms with Crippen LogP contribution in [0.4, 0.5) is 0 Å². The van der Waals surface area contributed by atoms with Crippen LogP contribution in [0.5, 0.6) is 0 Å². The first-order valence-electron chi connectivity index (χ1n) is 11.6. The van der Waals surface area contributed by atoms with Crippen molar-refractivity contribution in [1.29, 1.82) is 0 Å². The van der Waals surface area contributed by atoms with Crippen LogP contribution in [0.3, 0.4) is 0 Å². The molecule has 0 aromatic heterocycles. The van der Waals surface area contributed by atoms with Gasteiger partial charge in [-0.25, -0.2) is 4.79 Å². The molecule has 1 N–H and O–H groups in total. The normalized spacial score (nSPS) is 17.3. The lowest BCUT2D eigenvalue weighted by Gasteiger charge is -2.44. The summed E-state index contributed by atoms with van der Waals surface area (Å²) in [5.41, 5.74) is 6.71. The summed E-state index contributed by atoms with van der Waals surface area (Å²) in [6.07, 6.45) is 2.12. The van der Waals surface area contributed by atoms with Gasteiger partial charge in [-0.3, -0.25) is 0 Å². The minimum atomic E-state index is -0.937. The minimum absolute atomic E-state index is 0.0110. The summed E-state index contributed by atoms with van der Waals surface area (Å²) in [7, 11) is -0.937. The predicted octanol–water partition coefficient (Wildman–Crippen LogP) is 7.47. The van der Waals surface area contributed by atoms with Crippen molar-refractivity contribution in [3.63, 3.8) is 0 Å². The first-order valence-corrected chi connectivity index (χ1v) is 14.0. The molecule has 0 heterocycles. The van der Waals surface area contributed by atoms with E-state index in [1.165, 1.54) is 16.7 Å². The fraction of sp³-hybridized carbons (Fsp3) is 0.536. The maximum absolute atomic E-state index is 12.7.